The molecule has 0 unspecified atom stereocenters. The van der Waals surface area contributed by atoms with E-state index in [0.29, 0.717) is 0 Å². The van der Waals surface area contributed by atoms with Crippen molar-refractivity contribution in [1.82, 2.24) is 24.1 Å². The third kappa shape index (κ3) is 2.26. The maximum Gasteiger partial charge on any atom is 0.168 e. The Kier molecular flexibility index (Phi) is 3.18. The average molecular weight is 390 g/mol. The molecule has 0 radical (unpaired) electrons. The van der Waals surface area contributed by atoms with Crippen molar-refractivity contribution in [2.24, 2.45) is 0 Å². The molecule has 3 heterocycles. The molecule has 5 nitrogen and oxygen atoms in total. The number of nitrogens with zero attached hydrogens (tertiary/aromatic N) is 5. The minimum atomic E-state index is 0.805. The fourth-order valence-corrected chi connectivity index (χ4v) is 3.37. The van der Waals surface area contributed by atoms with E-state index >= 15 is 0 Å². The van der Waals surface area contributed by atoms with Gasteiger partial charge in [0.1, 0.15) is 12.7 Å². The van der Waals surface area contributed by atoms with Crippen LogP contribution in [0.3, 0.4) is 0 Å². The molecule has 0 fully saturated rings. The van der Waals surface area contributed by atoms with Crippen molar-refractivity contribution < 1.29 is 0 Å². The summed E-state index contributed by atoms with van der Waals surface area (Å²) in [5.41, 5.74) is 4.93. The monoisotopic (exact) mass is 389 g/mol. The number of rotatable bonds is 2. The molecule has 0 saturated carbocycles. The number of benzene rings is 2. The van der Waals surface area contributed by atoms with E-state index in [4.69, 9.17) is 0 Å². The molecule has 25 heavy (non-hydrogen) atoms. The van der Waals surface area contributed by atoms with Gasteiger partial charge < -0.3 is 4.57 Å². The van der Waals surface area contributed by atoms with Gasteiger partial charge in [0, 0.05) is 21.9 Å². The highest BCUT2D eigenvalue weighted by Gasteiger charge is 2.17. The van der Waals surface area contributed by atoms with E-state index in [9.17, 15) is 0 Å². The van der Waals surface area contributed by atoms with E-state index in [0.717, 1.165) is 38.0 Å². The number of aromatic nitrogens is 5. The van der Waals surface area contributed by atoms with Gasteiger partial charge in [-0.15, -0.1) is 0 Å². The highest BCUT2D eigenvalue weighted by molar-refractivity contribution is 9.10. The van der Waals surface area contributed by atoms with E-state index in [1.165, 1.54) is 0 Å². The second kappa shape index (κ2) is 5.53. The Morgan fingerprint density at radius 1 is 0.840 bits per heavy atom. The molecule has 0 N–H and O–H groups in total. The maximum atomic E-state index is 4.64. The quantitative estimate of drug-likeness (QED) is 0.446. The molecule has 6 heteroatoms. The number of halogens is 1. The normalized spacial score (nSPS) is 11.4. The van der Waals surface area contributed by atoms with Crippen LogP contribution in [0.5, 0.6) is 0 Å². The number of hydrogen-bond donors (Lipinski definition) is 0. The van der Waals surface area contributed by atoms with Gasteiger partial charge in [0.25, 0.3) is 0 Å². The molecule has 2 aromatic carbocycles. The zero-order chi connectivity index (χ0) is 16.8. The lowest BCUT2D eigenvalue weighted by Gasteiger charge is -2.04. The summed E-state index contributed by atoms with van der Waals surface area (Å²) in [5.74, 6) is 0. The number of hydrogen-bond acceptors (Lipinski definition) is 3. The standard InChI is InChI=1S/C19H12BrN5/c20-14-6-8-15(9-7-14)24-10-16(13-4-2-1-3-5-13)17-18(24)22-12-25-19(17)21-11-23-25/h1-12H. The lowest BCUT2D eigenvalue weighted by Crippen LogP contribution is -1.96. The number of fused-ring (bicyclic) bond motifs is 3. The van der Waals surface area contributed by atoms with E-state index in [1.54, 1.807) is 17.2 Å². The predicted octanol–water partition coefficient (Wildman–Crippen LogP) is 4.50. The topological polar surface area (TPSA) is 48.0 Å². The Labute approximate surface area is 151 Å². The van der Waals surface area contributed by atoms with Crippen molar-refractivity contribution >= 4 is 32.6 Å². The summed E-state index contributed by atoms with van der Waals surface area (Å²) in [7, 11) is 0. The first-order valence-corrected chi connectivity index (χ1v) is 8.61. The molecular weight excluding hydrogens is 378 g/mol. The summed E-state index contributed by atoms with van der Waals surface area (Å²) in [4.78, 5) is 9.08. The molecule has 5 rings (SSSR count). The van der Waals surface area contributed by atoms with E-state index in [1.807, 2.05) is 30.3 Å². The highest BCUT2D eigenvalue weighted by Crippen LogP contribution is 2.33. The van der Waals surface area contributed by atoms with Gasteiger partial charge in [-0.3, -0.25) is 0 Å². The molecule has 5 aromatic rings. The van der Waals surface area contributed by atoms with Gasteiger partial charge in [-0.05, 0) is 29.8 Å². The van der Waals surface area contributed by atoms with Gasteiger partial charge in [-0.2, -0.15) is 5.10 Å². The van der Waals surface area contributed by atoms with Crippen LogP contribution in [0.1, 0.15) is 0 Å². The van der Waals surface area contributed by atoms with Crippen LogP contribution in [0.15, 0.2) is 77.9 Å². The van der Waals surface area contributed by atoms with Crippen LogP contribution in [0, 0.1) is 0 Å². The van der Waals surface area contributed by atoms with Crippen molar-refractivity contribution in [3.8, 4) is 16.8 Å². The molecule has 0 amide bonds. The molecule has 0 aliphatic carbocycles. The van der Waals surface area contributed by atoms with Crippen molar-refractivity contribution in [1.29, 1.82) is 0 Å². The Bertz CT molecular complexity index is 1190. The Morgan fingerprint density at radius 2 is 1.64 bits per heavy atom. The molecule has 0 aliphatic heterocycles. The largest absolute Gasteiger partial charge is 0.301 e. The highest BCUT2D eigenvalue weighted by atomic mass is 79.9. The van der Waals surface area contributed by atoms with E-state index < -0.39 is 0 Å². The van der Waals surface area contributed by atoms with Gasteiger partial charge in [-0.25, -0.2) is 14.5 Å². The molecule has 0 spiro atoms. The average Bonchev–Trinajstić information content (AvgIpc) is 3.27. The molecule has 3 aromatic heterocycles. The predicted molar refractivity (Wildman–Crippen MR) is 101 cm³/mol. The summed E-state index contributed by atoms with van der Waals surface area (Å²) >= 11 is 3.49. The van der Waals surface area contributed by atoms with E-state index in [-0.39, 0.29) is 0 Å². The zero-order valence-corrected chi connectivity index (χ0v) is 14.6. The van der Waals surface area contributed by atoms with Gasteiger partial charge >= 0.3 is 0 Å². The molecule has 120 valence electrons. The van der Waals surface area contributed by atoms with Crippen LogP contribution in [-0.4, -0.2) is 24.1 Å². The summed E-state index contributed by atoms with van der Waals surface area (Å²) in [6, 6.07) is 18.5. The first kappa shape index (κ1) is 14.4. The molecule has 0 saturated heterocycles. The third-order valence-corrected chi connectivity index (χ3v) is 4.78. The molecule has 0 atom stereocenters. The van der Waals surface area contributed by atoms with Crippen molar-refractivity contribution in [2.75, 3.05) is 0 Å². The maximum absolute atomic E-state index is 4.64. The Hall–Kier alpha value is -2.99. The van der Waals surface area contributed by atoms with Crippen LogP contribution in [-0.2, 0) is 0 Å². The molecular formula is C19H12BrN5. The van der Waals surface area contributed by atoms with Crippen molar-refractivity contribution in [3.63, 3.8) is 0 Å². The fraction of sp³-hybridized carbons (Fsp3) is 0. The minimum absolute atomic E-state index is 0.805. The van der Waals surface area contributed by atoms with E-state index in [2.05, 4.69) is 66.0 Å². The first-order chi connectivity index (χ1) is 12.3. The summed E-state index contributed by atoms with van der Waals surface area (Å²) < 4.78 is 4.85. The Morgan fingerprint density at radius 3 is 2.44 bits per heavy atom. The Balaban J connectivity index is 1.89. The van der Waals surface area contributed by atoms with Crippen LogP contribution in [0.2, 0.25) is 0 Å². The van der Waals surface area contributed by atoms with Gasteiger partial charge in [-0.1, -0.05) is 46.3 Å². The van der Waals surface area contributed by atoms with Gasteiger partial charge in [0.15, 0.2) is 11.3 Å². The second-order valence-electron chi connectivity index (χ2n) is 5.73. The van der Waals surface area contributed by atoms with Gasteiger partial charge in [0.2, 0.25) is 0 Å². The molecule has 0 aliphatic rings. The first-order valence-electron chi connectivity index (χ1n) is 7.82. The lowest BCUT2D eigenvalue weighted by atomic mass is 10.1. The summed E-state index contributed by atoms with van der Waals surface area (Å²) in [5, 5.41) is 5.22. The van der Waals surface area contributed by atoms with Crippen LogP contribution in [0.4, 0.5) is 0 Å². The molecule has 0 bridgehead atoms. The lowest BCUT2D eigenvalue weighted by molar-refractivity contribution is 0.926. The van der Waals surface area contributed by atoms with Crippen molar-refractivity contribution in [2.45, 2.75) is 0 Å². The van der Waals surface area contributed by atoms with Crippen molar-refractivity contribution in [3.05, 3.63) is 77.9 Å². The smallest absolute Gasteiger partial charge is 0.168 e. The SMILES string of the molecule is Brc1ccc(-n2cc(-c3ccccc3)c3c2ncn2ncnc32)cc1. The summed E-state index contributed by atoms with van der Waals surface area (Å²) in [6.07, 6.45) is 5.38. The third-order valence-electron chi connectivity index (χ3n) is 4.25. The van der Waals surface area contributed by atoms with Crippen LogP contribution in [0.25, 0.3) is 33.5 Å². The minimum Gasteiger partial charge on any atom is -0.301 e. The summed E-state index contributed by atoms with van der Waals surface area (Å²) in [6.45, 7) is 0. The van der Waals surface area contributed by atoms with Gasteiger partial charge in [0.05, 0.1) is 5.39 Å². The zero-order valence-electron chi connectivity index (χ0n) is 13.0. The second-order valence-corrected chi connectivity index (χ2v) is 6.64. The van der Waals surface area contributed by atoms with Crippen LogP contribution < -0.4 is 0 Å². The van der Waals surface area contributed by atoms with Crippen LogP contribution >= 0.6 is 15.9 Å². The fourth-order valence-electron chi connectivity index (χ4n) is 3.10.